The van der Waals surface area contributed by atoms with Gasteiger partial charge in [-0.1, -0.05) is 26.0 Å². The van der Waals surface area contributed by atoms with Gasteiger partial charge >= 0.3 is 0 Å². The normalized spacial score (nSPS) is 20.9. The summed E-state index contributed by atoms with van der Waals surface area (Å²) in [5.74, 6) is 0.704. The van der Waals surface area contributed by atoms with Gasteiger partial charge in [0.25, 0.3) is 0 Å². The lowest BCUT2D eigenvalue weighted by atomic mass is 9.99. The molecule has 4 heteroatoms. The molecule has 1 saturated carbocycles. The van der Waals surface area contributed by atoms with Crippen LogP contribution in [0.5, 0.6) is 0 Å². The smallest absolute Gasteiger partial charge is 0.153 e. The highest BCUT2D eigenvalue weighted by molar-refractivity contribution is 5.77. The van der Waals surface area contributed by atoms with E-state index >= 15 is 0 Å². The Kier molecular flexibility index (Phi) is 2.24. The van der Waals surface area contributed by atoms with Gasteiger partial charge in [0.2, 0.25) is 0 Å². The summed E-state index contributed by atoms with van der Waals surface area (Å²) in [6.07, 6.45) is 1.13. The van der Waals surface area contributed by atoms with Gasteiger partial charge in [-0.15, -0.1) is 0 Å². The molecule has 3 nitrogen and oxygen atoms in total. The molecule has 1 unspecified atom stereocenters. The molecule has 1 atom stereocenters. The minimum Gasteiger partial charge on any atom is -0.382 e. The summed E-state index contributed by atoms with van der Waals surface area (Å²) in [4.78, 5) is 0. The maximum Gasteiger partial charge on any atom is 0.153 e. The van der Waals surface area contributed by atoms with Gasteiger partial charge < -0.3 is 5.73 Å². The minimum atomic E-state index is -0.242. The Morgan fingerprint density at radius 1 is 1.33 bits per heavy atom. The molecule has 3 N–H and O–H groups in total. The Morgan fingerprint density at radius 2 is 1.94 bits per heavy atom. The van der Waals surface area contributed by atoms with Crippen LogP contribution in [0.25, 0.3) is 11.1 Å². The number of hydrogen-bond acceptors (Lipinski definition) is 2. The van der Waals surface area contributed by atoms with E-state index in [9.17, 15) is 4.39 Å². The molecule has 0 saturated heterocycles. The molecule has 0 spiro atoms. The number of hydrogen-bond donors (Lipinski definition) is 2. The second-order valence-electron chi connectivity index (χ2n) is 5.65. The minimum absolute atomic E-state index is 0.242. The predicted octanol–water partition coefficient (Wildman–Crippen LogP) is 3.31. The zero-order valence-corrected chi connectivity index (χ0v) is 10.5. The fourth-order valence-corrected chi connectivity index (χ4v) is 2.50. The van der Waals surface area contributed by atoms with Gasteiger partial charge in [0.1, 0.15) is 5.82 Å². The molecular weight excluding hydrogens is 229 g/mol. The first-order valence-electron chi connectivity index (χ1n) is 6.09. The predicted molar refractivity (Wildman–Crippen MR) is 69.5 cm³/mol. The van der Waals surface area contributed by atoms with Crippen molar-refractivity contribution in [2.24, 2.45) is 5.41 Å². The number of H-pyrrole nitrogens is 1. The van der Waals surface area contributed by atoms with Crippen molar-refractivity contribution in [2.75, 3.05) is 5.73 Å². The van der Waals surface area contributed by atoms with E-state index in [-0.39, 0.29) is 5.82 Å². The van der Waals surface area contributed by atoms with Crippen LogP contribution in [-0.2, 0) is 0 Å². The quantitative estimate of drug-likeness (QED) is 0.852. The summed E-state index contributed by atoms with van der Waals surface area (Å²) >= 11 is 0. The van der Waals surface area contributed by atoms with Crippen LogP contribution in [0.2, 0.25) is 0 Å². The van der Waals surface area contributed by atoms with Crippen LogP contribution in [0, 0.1) is 11.2 Å². The third-order valence-corrected chi connectivity index (χ3v) is 3.82. The van der Waals surface area contributed by atoms with E-state index in [0.717, 1.165) is 23.2 Å². The van der Waals surface area contributed by atoms with Crippen molar-refractivity contribution >= 4 is 5.82 Å². The van der Waals surface area contributed by atoms with Crippen LogP contribution >= 0.6 is 0 Å². The first kappa shape index (κ1) is 11.3. The summed E-state index contributed by atoms with van der Waals surface area (Å²) in [6.45, 7) is 4.45. The number of anilines is 1. The molecule has 3 rings (SSSR count). The molecule has 0 bridgehead atoms. The van der Waals surface area contributed by atoms with Crippen LogP contribution in [0.4, 0.5) is 10.2 Å². The van der Waals surface area contributed by atoms with Gasteiger partial charge in [0, 0.05) is 17.2 Å². The van der Waals surface area contributed by atoms with Gasteiger partial charge in [-0.2, -0.15) is 5.10 Å². The largest absolute Gasteiger partial charge is 0.382 e. The maximum absolute atomic E-state index is 13.0. The summed E-state index contributed by atoms with van der Waals surface area (Å²) in [7, 11) is 0. The SMILES string of the molecule is CC1(C)CC1c1[nH]nc(N)c1-c1ccc(F)cc1. The fraction of sp³-hybridized carbons (Fsp3) is 0.357. The van der Waals surface area contributed by atoms with Crippen molar-refractivity contribution in [3.8, 4) is 11.1 Å². The second-order valence-corrected chi connectivity index (χ2v) is 5.65. The molecule has 1 fully saturated rings. The molecule has 18 heavy (non-hydrogen) atoms. The average molecular weight is 245 g/mol. The first-order chi connectivity index (χ1) is 8.49. The Morgan fingerprint density at radius 3 is 2.50 bits per heavy atom. The summed E-state index contributed by atoms with van der Waals surface area (Å²) < 4.78 is 13.0. The lowest BCUT2D eigenvalue weighted by molar-refractivity contribution is 0.615. The van der Waals surface area contributed by atoms with E-state index in [0.29, 0.717) is 17.2 Å². The number of benzene rings is 1. The van der Waals surface area contributed by atoms with Crippen LogP contribution in [0.15, 0.2) is 24.3 Å². The van der Waals surface area contributed by atoms with Gasteiger partial charge in [0.05, 0.1) is 0 Å². The van der Waals surface area contributed by atoms with Crippen LogP contribution < -0.4 is 5.73 Å². The number of nitrogens with two attached hydrogens (primary N) is 1. The maximum atomic E-state index is 13.0. The summed E-state index contributed by atoms with van der Waals surface area (Å²) in [5.41, 5.74) is 9.14. The topological polar surface area (TPSA) is 54.7 Å². The van der Waals surface area contributed by atoms with Gasteiger partial charge in [-0.3, -0.25) is 5.10 Å². The highest BCUT2D eigenvalue weighted by Crippen LogP contribution is 2.60. The molecular formula is C14H16FN3. The molecule has 2 aromatic rings. The summed E-state index contributed by atoms with van der Waals surface area (Å²) in [6, 6.07) is 6.39. The number of aromatic nitrogens is 2. The molecule has 0 aliphatic heterocycles. The molecule has 1 aromatic heterocycles. The Bertz CT molecular complexity index is 584. The van der Waals surface area contributed by atoms with E-state index in [1.165, 1.54) is 12.1 Å². The van der Waals surface area contributed by atoms with E-state index in [2.05, 4.69) is 24.0 Å². The molecule has 1 aromatic carbocycles. The Hall–Kier alpha value is -1.84. The Labute approximate surface area is 105 Å². The zero-order chi connectivity index (χ0) is 12.9. The fourth-order valence-electron chi connectivity index (χ4n) is 2.50. The molecule has 0 radical (unpaired) electrons. The second kappa shape index (κ2) is 3.57. The number of aromatic amines is 1. The molecule has 94 valence electrons. The molecule has 1 aliphatic carbocycles. The highest BCUT2D eigenvalue weighted by atomic mass is 19.1. The number of nitrogens with one attached hydrogen (secondary N) is 1. The number of rotatable bonds is 2. The van der Waals surface area contributed by atoms with Crippen molar-refractivity contribution in [2.45, 2.75) is 26.2 Å². The van der Waals surface area contributed by atoms with Crippen LogP contribution in [0.3, 0.4) is 0 Å². The standard InChI is InChI=1S/C14H16FN3/c1-14(2)7-10(14)12-11(13(16)18-17-12)8-3-5-9(15)6-4-8/h3-6,10H,7H2,1-2H3,(H3,16,17,18). The van der Waals surface area contributed by atoms with Crippen molar-refractivity contribution < 1.29 is 4.39 Å². The van der Waals surface area contributed by atoms with Gasteiger partial charge in [-0.25, -0.2) is 4.39 Å². The van der Waals surface area contributed by atoms with Crippen molar-refractivity contribution in [3.05, 3.63) is 35.8 Å². The average Bonchev–Trinajstić information content (AvgIpc) is 2.78. The number of nitrogen functional groups attached to an aromatic ring is 1. The highest BCUT2D eigenvalue weighted by Gasteiger charge is 2.48. The zero-order valence-electron chi connectivity index (χ0n) is 10.5. The lowest BCUT2D eigenvalue weighted by Crippen LogP contribution is -1.94. The van der Waals surface area contributed by atoms with Crippen molar-refractivity contribution in [1.29, 1.82) is 0 Å². The Balaban J connectivity index is 2.06. The third-order valence-electron chi connectivity index (χ3n) is 3.82. The van der Waals surface area contributed by atoms with E-state index in [4.69, 9.17) is 5.73 Å². The van der Waals surface area contributed by atoms with Crippen LogP contribution in [0.1, 0.15) is 31.9 Å². The van der Waals surface area contributed by atoms with E-state index in [1.54, 1.807) is 12.1 Å². The van der Waals surface area contributed by atoms with Crippen LogP contribution in [-0.4, -0.2) is 10.2 Å². The van der Waals surface area contributed by atoms with Gasteiger partial charge in [0.15, 0.2) is 5.82 Å². The van der Waals surface area contributed by atoms with Crippen molar-refractivity contribution in [3.63, 3.8) is 0 Å². The monoisotopic (exact) mass is 245 g/mol. The third kappa shape index (κ3) is 1.68. The van der Waals surface area contributed by atoms with Crippen molar-refractivity contribution in [1.82, 2.24) is 10.2 Å². The summed E-state index contributed by atoms with van der Waals surface area (Å²) in [5, 5.41) is 7.14. The van der Waals surface area contributed by atoms with Gasteiger partial charge in [-0.05, 0) is 29.5 Å². The lowest BCUT2D eigenvalue weighted by Gasteiger charge is -2.06. The molecule has 0 amide bonds. The first-order valence-corrected chi connectivity index (χ1v) is 6.09. The molecule has 1 aliphatic rings. The molecule has 1 heterocycles. The number of halogens is 1. The van der Waals surface area contributed by atoms with E-state index < -0.39 is 0 Å². The van der Waals surface area contributed by atoms with E-state index in [1.807, 2.05) is 0 Å². The number of nitrogens with zero attached hydrogens (tertiary/aromatic N) is 1.